The molecule has 0 aromatic rings. The largest absolute Gasteiger partial charge is 0.343 e. The van der Waals surface area contributed by atoms with Crippen LogP contribution in [-0.4, -0.2) is 59.8 Å². The van der Waals surface area contributed by atoms with Gasteiger partial charge in [0, 0.05) is 32.6 Å². The Hall–Kier alpha value is -0.710. The van der Waals surface area contributed by atoms with Gasteiger partial charge in [-0.1, -0.05) is 0 Å². The Labute approximate surface area is 126 Å². The molecule has 0 aliphatic carbocycles. The second kappa shape index (κ2) is 7.91. The monoisotopic (exact) mass is 298 g/mol. The van der Waals surface area contributed by atoms with Crippen molar-refractivity contribution in [3.8, 4) is 0 Å². The Morgan fingerprint density at radius 1 is 1.05 bits per heavy atom. The fraction of sp³-hybridized carbons (Fsp3) is 0.867. The highest BCUT2D eigenvalue weighted by Crippen LogP contribution is 2.22. The van der Waals surface area contributed by atoms with E-state index in [4.69, 9.17) is 0 Å². The third-order valence-corrected chi connectivity index (χ3v) is 4.90. The highest BCUT2D eigenvalue weighted by atomic mass is 32.2. The first-order valence-electron chi connectivity index (χ1n) is 7.75. The van der Waals surface area contributed by atoms with Crippen molar-refractivity contribution >= 4 is 23.6 Å². The number of hydrogen-bond donors (Lipinski definition) is 0. The van der Waals surface area contributed by atoms with Crippen LogP contribution in [0.5, 0.6) is 0 Å². The molecule has 2 heterocycles. The summed E-state index contributed by atoms with van der Waals surface area (Å²) in [5, 5.41) is 0. The van der Waals surface area contributed by atoms with Crippen molar-refractivity contribution in [3.05, 3.63) is 0 Å². The van der Waals surface area contributed by atoms with Crippen LogP contribution in [-0.2, 0) is 9.59 Å². The molecule has 1 atom stereocenters. The maximum atomic E-state index is 12.0. The molecule has 0 N–H and O–H groups in total. The minimum atomic E-state index is 0.257. The van der Waals surface area contributed by atoms with Crippen molar-refractivity contribution in [2.24, 2.45) is 5.92 Å². The summed E-state index contributed by atoms with van der Waals surface area (Å²) in [7, 11) is 0. The lowest BCUT2D eigenvalue weighted by molar-refractivity contribution is -0.131. The standard InChI is InChI=1S/C15H26N2O2S/c1-20-12-15(19)17-10-4-5-13(11-17)6-7-14(18)16-8-2-3-9-16/h13H,2-12H2,1H3/t13-/m0/s1. The maximum absolute atomic E-state index is 12.0. The SMILES string of the molecule is CSCC(=O)N1CCC[C@@H](CCC(=O)N2CCCC2)C1. The van der Waals surface area contributed by atoms with E-state index in [1.165, 1.54) is 0 Å². The van der Waals surface area contributed by atoms with E-state index in [-0.39, 0.29) is 5.91 Å². The number of rotatable bonds is 5. The van der Waals surface area contributed by atoms with Crippen LogP contribution in [0.25, 0.3) is 0 Å². The van der Waals surface area contributed by atoms with Crippen LogP contribution < -0.4 is 0 Å². The normalized spacial score (nSPS) is 23.1. The number of thioether (sulfide) groups is 1. The molecule has 2 aliphatic heterocycles. The first-order valence-corrected chi connectivity index (χ1v) is 9.14. The van der Waals surface area contributed by atoms with Crippen LogP contribution >= 0.6 is 11.8 Å². The van der Waals surface area contributed by atoms with Gasteiger partial charge in [0.1, 0.15) is 0 Å². The topological polar surface area (TPSA) is 40.6 Å². The summed E-state index contributed by atoms with van der Waals surface area (Å²) < 4.78 is 0. The summed E-state index contributed by atoms with van der Waals surface area (Å²) in [6.45, 7) is 3.65. The van der Waals surface area contributed by atoms with E-state index < -0.39 is 0 Å². The molecule has 0 radical (unpaired) electrons. The molecule has 2 rings (SSSR count). The van der Waals surface area contributed by atoms with Crippen molar-refractivity contribution in [1.82, 2.24) is 9.80 Å². The average molecular weight is 298 g/mol. The van der Waals surface area contributed by atoms with Gasteiger partial charge in [0.2, 0.25) is 11.8 Å². The predicted octanol–water partition coefficient (Wildman–Crippen LogP) is 1.99. The number of nitrogens with zero attached hydrogens (tertiary/aromatic N) is 2. The van der Waals surface area contributed by atoms with Crippen molar-refractivity contribution in [3.63, 3.8) is 0 Å². The lowest BCUT2D eigenvalue weighted by atomic mass is 9.93. The highest BCUT2D eigenvalue weighted by molar-refractivity contribution is 7.99. The molecule has 0 aromatic carbocycles. The Balaban J connectivity index is 1.72. The summed E-state index contributed by atoms with van der Waals surface area (Å²) in [5.74, 6) is 1.67. The van der Waals surface area contributed by atoms with Crippen LogP contribution in [0.4, 0.5) is 0 Å². The van der Waals surface area contributed by atoms with Crippen LogP contribution in [0, 0.1) is 5.92 Å². The summed E-state index contributed by atoms with van der Waals surface area (Å²) in [5.41, 5.74) is 0. The van der Waals surface area contributed by atoms with Gasteiger partial charge in [0.15, 0.2) is 0 Å². The molecular formula is C15H26N2O2S. The number of piperidine rings is 1. The van der Waals surface area contributed by atoms with Gasteiger partial charge in [-0.2, -0.15) is 11.8 Å². The molecule has 0 saturated carbocycles. The molecule has 2 amide bonds. The summed E-state index contributed by atoms with van der Waals surface area (Å²) >= 11 is 1.59. The van der Waals surface area contributed by atoms with Crippen molar-refractivity contribution in [2.45, 2.75) is 38.5 Å². The number of carbonyl (C=O) groups excluding carboxylic acids is 2. The quantitative estimate of drug-likeness (QED) is 0.779. The Bertz CT molecular complexity index is 343. The third kappa shape index (κ3) is 4.40. The van der Waals surface area contributed by atoms with E-state index in [9.17, 15) is 9.59 Å². The Morgan fingerprint density at radius 3 is 2.45 bits per heavy atom. The van der Waals surface area contributed by atoms with Crippen LogP contribution in [0.1, 0.15) is 38.5 Å². The van der Waals surface area contributed by atoms with E-state index in [1.807, 2.05) is 16.1 Å². The van der Waals surface area contributed by atoms with E-state index in [2.05, 4.69) is 0 Å². The van der Waals surface area contributed by atoms with Gasteiger partial charge in [-0.15, -0.1) is 0 Å². The van der Waals surface area contributed by atoms with Crippen LogP contribution in [0.2, 0.25) is 0 Å². The second-order valence-electron chi connectivity index (χ2n) is 5.91. The molecule has 114 valence electrons. The summed E-state index contributed by atoms with van der Waals surface area (Å²) in [6.07, 6.45) is 8.14. The molecule has 5 heteroatoms. The minimum Gasteiger partial charge on any atom is -0.343 e. The van der Waals surface area contributed by atoms with Crippen molar-refractivity contribution in [2.75, 3.05) is 38.2 Å². The molecular weight excluding hydrogens is 272 g/mol. The van der Waals surface area contributed by atoms with Gasteiger partial charge >= 0.3 is 0 Å². The number of likely N-dealkylation sites (tertiary alicyclic amines) is 2. The lowest BCUT2D eigenvalue weighted by Crippen LogP contribution is -2.41. The molecule has 4 nitrogen and oxygen atoms in total. The second-order valence-corrected chi connectivity index (χ2v) is 6.77. The van der Waals surface area contributed by atoms with Crippen molar-refractivity contribution in [1.29, 1.82) is 0 Å². The predicted molar refractivity (Wildman–Crippen MR) is 82.7 cm³/mol. The number of amides is 2. The van der Waals surface area contributed by atoms with Gasteiger partial charge in [-0.25, -0.2) is 0 Å². The fourth-order valence-electron chi connectivity index (χ4n) is 3.19. The molecule has 2 fully saturated rings. The summed E-state index contributed by atoms with van der Waals surface area (Å²) in [4.78, 5) is 28.0. The molecule has 20 heavy (non-hydrogen) atoms. The van der Waals surface area contributed by atoms with Gasteiger partial charge in [-0.3, -0.25) is 9.59 Å². The molecule has 0 bridgehead atoms. The van der Waals surface area contributed by atoms with E-state index in [1.54, 1.807) is 11.8 Å². The van der Waals surface area contributed by atoms with E-state index in [0.717, 1.165) is 58.3 Å². The minimum absolute atomic E-state index is 0.257. The number of carbonyl (C=O) groups is 2. The highest BCUT2D eigenvalue weighted by Gasteiger charge is 2.25. The smallest absolute Gasteiger partial charge is 0.232 e. The summed E-state index contributed by atoms with van der Waals surface area (Å²) in [6, 6.07) is 0. The average Bonchev–Trinajstić information content (AvgIpc) is 2.99. The van der Waals surface area contributed by atoms with Gasteiger partial charge < -0.3 is 9.80 Å². The van der Waals surface area contributed by atoms with Gasteiger partial charge in [-0.05, 0) is 44.3 Å². The number of hydrogen-bond acceptors (Lipinski definition) is 3. The first kappa shape index (κ1) is 15.7. The van der Waals surface area contributed by atoms with Gasteiger partial charge in [0.05, 0.1) is 5.75 Å². The lowest BCUT2D eigenvalue weighted by Gasteiger charge is -2.33. The maximum Gasteiger partial charge on any atom is 0.232 e. The van der Waals surface area contributed by atoms with E-state index in [0.29, 0.717) is 24.0 Å². The van der Waals surface area contributed by atoms with Gasteiger partial charge in [0.25, 0.3) is 0 Å². The Kier molecular flexibility index (Phi) is 6.20. The molecule has 2 aliphatic rings. The zero-order valence-corrected chi connectivity index (χ0v) is 13.3. The first-order chi connectivity index (χ1) is 9.70. The molecule has 2 saturated heterocycles. The van der Waals surface area contributed by atoms with E-state index >= 15 is 0 Å². The zero-order valence-electron chi connectivity index (χ0n) is 12.5. The van der Waals surface area contributed by atoms with Crippen LogP contribution in [0.3, 0.4) is 0 Å². The van der Waals surface area contributed by atoms with Crippen LogP contribution in [0.15, 0.2) is 0 Å². The van der Waals surface area contributed by atoms with Crippen molar-refractivity contribution < 1.29 is 9.59 Å². The Morgan fingerprint density at radius 2 is 1.75 bits per heavy atom. The fourth-order valence-corrected chi connectivity index (χ4v) is 3.62. The molecule has 0 unspecified atom stereocenters. The zero-order chi connectivity index (χ0) is 14.4. The molecule has 0 spiro atoms. The third-order valence-electron chi connectivity index (χ3n) is 4.36. The molecule has 0 aromatic heterocycles.